The highest BCUT2D eigenvalue weighted by molar-refractivity contribution is 6.18. The largest absolute Gasteiger partial charge is 0.288 e. The Labute approximate surface area is 87.3 Å². The van der Waals surface area contributed by atoms with Gasteiger partial charge in [-0.2, -0.15) is 14.0 Å². The van der Waals surface area contributed by atoms with Crippen LogP contribution < -0.4 is 0 Å². The van der Waals surface area contributed by atoms with Crippen LogP contribution in [0.3, 0.4) is 0 Å². The first-order valence-corrected chi connectivity index (χ1v) is 4.09. The zero-order valence-corrected chi connectivity index (χ0v) is 7.98. The lowest BCUT2D eigenvalue weighted by atomic mass is 9.74. The van der Waals surface area contributed by atoms with Gasteiger partial charge < -0.3 is 0 Å². The molecule has 0 aromatic carbocycles. The minimum Gasteiger partial charge on any atom is -0.288 e. The molecule has 1 aliphatic rings. The molecule has 0 spiro atoms. The fourth-order valence-electron chi connectivity index (χ4n) is 1.33. The number of carbonyl (C=O) groups is 2. The Kier molecular flexibility index (Phi) is 2.63. The highest BCUT2D eigenvalue weighted by atomic mass is 19.2. The second-order valence-corrected chi connectivity index (χ2v) is 3.43. The number of hydrogen-bond acceptors (Lipinski definition) is 3. The highest BCUT2D eigenvalue weighted by Crippen LogP contribution is 2.43. The van der Waals surface area contributed by atoms with Crippen molar-refractivity contribution in [2.24, 2.45) is 0 Å². The predicted molar refractivity (Wildman–Crippen MR) is 42.8 cm³/mol. The molecule has 3 nitrogen and oxygen atoms in total. The SMILES string of the molecule is CC1(F)C(=O)C(F)=C(F)C(=O)C1(F)CC#N. The summed E-state index contributed by atoms with van der Waals surface area (Å²) in [4.78, 5) is 22.0. The van der Waals surface area contributed by atoms with E-state index in [1.165, 1.54) is 0 Å². The third-order valence-electron chi connectivity index (χ3n) is 2.44. The minimum atomic E-state index is -3.68. The van der Waals surface area contributed by atoms with Crippen LogP contribution in [-0.4, -0.2) is 22.9 Å². The van der Waals surface area contributed by atoms with Crippen LogP contribution in [0.15, 0.2) is 11.7 Å². The van der Waals surface area contributed by atoms with Gasteiger partial charge in [-0.1, -0.05) is 0 Å². The number of allylic oxidation sites excluding steroid dienone is 2. The van der Waals surface area contributed by atoms with E-state index in [4.69, 9.17) is 5.26 Å². The van der Waals surface area contributed by atoms with E-state index in [-0.39, 0.29) is 0 Å². The summed E-state index contributed by atoms with van der Waals surface area (Å²) >= 11 is 0. The summed E-state index contributed by atoms with van der Waals surface area (Å²) in [5, 5.41) is 8.22. The topological polar surface area (TPSA) is 57.9 Å². The van der Waals surface area contributed by atoms with Crippen LogP contribution in [0, 0.1) is 11.3 Å². The summed E-state index contributed by atoms with van der Waals surface area (Å²) in [6.45, 7) is 0.302. The third-order valence-corrected chi connectivity index (χ3v) is 2.44. The Bertz CT molecular complexity index is 449. The second-order valence-electron chi connectivity index (χ2n) is 3.43. The fraction of sp³-hybridized carbons (Fsp3) is 0.444. The summed E-state index contributed by atoms with van der Waals surface area (Å²) in [6.07, 6.45) is -1.37. The first-order chi connectivity index (χ1) is 7.20. The van der Waals surface area contributed by atoms with Gasteiger partial charge in [-0.05, 0) is 6.92 Å². The Hall–Kier alpha value is -1.71. The maximum Gasteiger partial charge on any atom is 0.236 e. The van der Waals surface area contributed by atoms with Crippen LogP contribution in [0.1, 0.15) is 13.3 Å². The molecule has 0 bridgehead atoms. The first-order valence-electron chi connectivity index (χ1n) is 4.09. The smallest absolute Gasteiger partial charge is 0.236 e. The summed E-state index contributed by atoms with van der Waals surface area (Å²) in [5.74, 6) is -8.79. The number of alkyl halides is 2. The van der Waals surface area contributed by atoms with Crippen LogP contribution in [0.25, 0.3) is 0 Å². The normalized spacial score (nSPS) is 35.2. The molecule has 0 heterocycles. The van der Waals surface area contributed by atoms with Crippen molar-refractivity contribution in [2.75, 3.05) is 0 Å². The quantitative estimate of drug-likeness (QED) is 0.649. The molecule has 1 aliphatic carbocycles. The van der Waals surface area contributed by atoms with Gasteiger partial charge in [0.05, 0.1) is 12.5 Å². The van der Waals surface area contributed by atoms with Gasteiger partial charge in [0, 0.05) is 0 Å². The third kappa shape index (κ3) is 1.26. The van der Waals surface area contributed by atoms with E-state index in [2.05, 4.69) is 0 Å². The van der Waals surface area contributed by atoms with Crippen molar-refractivity contribution in [1.82, 2.24) is 0 Å². The van der Waals surface area contributed by atoms with Crippen molar-refractivity contribution in [2.45, 2.75) is 24.7 Å². The molecule has 0 fully saturated rings. The number of nitrogens with zero attached hydrogens (tertiary/aromatic N) is 1. The zero-order valence-electron chi connectivity index (χ0n) is 7.98. The van der Waals surface area contributed by atoms with Crippen molar-refractivity contribution in [3.8, 4) is 6.07 Å². The Morgan fingerprint density at radius 2 is 1.62 bits per heavy atom. The number of rotatable bonds is 1. The van der Waals surface area contributed by atoms with E-state index in [0.717, 1.165) is 6.07 Å². The first kappa shape index (κ1) is 12.4. The van der Waals surface area contributed by atoms with Crippen LogP contribution in [-0.2, 0) is 9.59 Å². The van der Waals surface area contributed by atoms with Gasteiger partial charge in [0.15, 0.2) is 0 Å². The predicted octanol–water partition coefficient (Wildman–Crippen LogP) is 1.64. The van der Waals surface area contributed by atoms with Gasteiger partial charge in [-0.15, -0.1) is 0 Å². The van der Waals surface area contributed by atoms with E-state index in [9.17, 15) is 27.2 Å². The second kappa shape index (κ2) is 3.40. The number of ketones is 2. The molecule has 0 saturated heterocycles. The maximum absolute atomic E-state index is 13.8. The number of nitriles is 1. The van der Waals surface area contributed by atoms with E-state index >= 15 is 0 Å². The van der Waals surface area contributed by atoms with Crippen molar-refractivity contribution in [3.05, 3.63) is 11.7 Å². The van der Waals surface area contributed by atoms with E-state index in [1.807, 2.05) is 0 Å². The molecule has 0 saturated carbocycles. The van der Waals surface area contributed by atoms with Gasteiger partial charge in [0.2, 0.25) is 34.6 Å². The van der Waals surface area contributed by atoms with Crippen LogP contribution >= 0.6 is 0 Å². The molecule has 2 atom stereocenters. The molecule has 0 aromatic heterocycles. The lowest BCUT2D eigenvalue weighted by molar-refractivity contribution is -0.154. The van der Waals surface area contributed by atoms with Crippen molar-refractivity contribution < 1.29 is 27.2 Å². The van der Waals surface area contributed by atoms with Crippen LogP contribution in [0.2, 0.25) is 0 Å². The van der Waals surface area contributed by atoms with Gasteiger partial charge in [0.1, 0.15) is 0 Å². The zero-order chi connectivity index (χ0) is 12.7. The molecule has 0 radical (unpaired) electrons. The van der Waals surface area contributed by atoms with Gasteiger partial charge in [-0.25, -0.2) is 8.78 Å². The average Bonchev–Trinajstić information content (AvgIpc) is 2.23. The Morgan fingerprint density at radius 3 is 2.06 bits per heavy atom. The molecule has 0 aliphatic heterocycles. The molecule has 86 valence electrons. The molecule has 7 heteroatoms. The lowest BCUT2D eigenvalue weighted by Crippen LogP contribution is -2.59. The lowest BCUT2D eigenvalue weighted by Gasteiger charge is -2.34. The fourth-order valence-corrected chi connectivity index (χ4v) is 1.33. The number of hydrogen-bond donors (Lipinski definition) is 0. The van der Waals surface area contributed by atoms with E-state index in [1.54, 1.807) is 0 Å². The monoisotopic (exact) mass is 235 g/mol. The number of Topliss-reactive ketones (excluding diaryl/α,β-unsaturated/α-hetero) is 2. The highest BCUT2D eigenvalue weighted by Gasteiger charge is 2.66. The van der Waals surface area contributed by atoms with Crippen LogP contribution in [0.4, 0.5) is 17.6 Å². The number of carbonyl (C=O) groups excluding carboxylic acids is 2. The minimum absolute atomic E-state index is 0.302. The van der Waals surface area contributed by atoms with Gasteiger partial charge >= 0.3 is 0 Å². The maximum atomic E-state index is 13.8. The Morgan fingerprint density at radius 1 is 1.19 bits per heavy atom. The van der Waals surface area contributed by atoms with Gasteiger partial charge in [-0.3, -0.25) is 9.59 Å². The summed E-state index contributed by atoms with van der Waals surface area (Å²) < 4.78 is 53.0. The van der Waals surface area contributed by atoms with Crippen LogP contribution in [0.5, 0.6) is 0 Å². The number of halogens is 4. The Balaban J connectivity index is 3.49. The molecule has 16 heavy (non-hydrogen) atoms. The van der Waals surface area contributed by atoms with Crippen molar-refractivity contribution in [3.63, 3.8) is 0 Å². The molecular formula is C9H5F4NO2. The molecule has 1 rings (SSSR count). The summed E-state index contributed by atoms with van der Waals surface area (Å²) in [7, 11) is 0. The molecular weight excluding hydrogens is 230 g/mol. The average molecular weight is 235 g/mol. The van der Waals surface area contributed by atoms with E-state index < -0.39 is 41.0 Å². The van der Waals surface area contributed by atoms with Crippen molar-refractivity contribution in [1.29, 1.82) is 5.26 Å². The van der Waals surface area contributed by atoms with Gasteiger partial charge in [0.25, 0.3) is 0 Å². The summed E-state index contributed by atoms with van der Waals surface area (Å²) in [6, 6.07) is 1.12. The molecule has 2 unspecified atom stereocenters. The molecule has 0 aromatic rings. The van der Waals surface area contributed by atoms with Crippen molar-refractivity contribution >= 4 is 11.6 Å². The summed E-state index contributed by atoms with van der Waals surface area (Å²) in [5.41, 5.74) is -7.27. The standard InChI is InChI=1S/C9H5F4NO2/c1-8(12)6(15)4(10)5(11)7(16)9(8,13)2-3-14/h2H2,1H3. The molecule has 0 N–H and O–H groups in total. The van der Waals surface area contributed by atoms with E-state index in [0.29, 0.717) is 6.92 Å². The molecule has 0 amide bonds.